The molecule has 2 rings (SSSR count). The molecule has 0 atom stereocenters. The summed E-state index contributed by atoms with van der Waals surface area (Å²) in [5.74, 6) is 0. The molecule has 2 aromatic heterocycles. The van der Waals surface area contributed by atoms with E-state index in [2.05, 4.69) is 20.4 Å². The van der Waals surface area contributed by atoms with Crippen LogP contribution in [0.15, 0.2) is 10.2 Å². The van der Waals surface area contributed by atoms with Crippen molar-refractivity contribution in [3.63, 3.8) is 0 Å². The number of rotatable bonds is 1. The SMILES string of the molecule is Cn1nc(Cl)s/c1=N\N=c1/sc(Cl)nn1C. The Hall–Kier alpha value is -0.700. The molecule has 0 radical (unpaired) electrons. The number of halogens is 2. The summed E-state index contributed by atoms with van der Waals surface area (Å²) in [5.41, 5.74) is 0. The Kier molecular flexibility index (Phi) is 3.43. The van der Waals surface area contributed by atoms with Crippen molar-refractivity contribution in [2.45, 2.75) is 0 Å². The van der Waals surface area contributed by atoms with Crippen LogP contribution in [0.5, 0.6) is 0 Å². The molecule has 0 amide bonds. The first-order valence-corrected chi connectivity index (χ1v) is 6.42. The zero-order valence-corrected chi connectivity index (χ0v) is 11.4. The Morgan fingerprint density at radius 3 is 1.56 bits per heavy atom. The summed E-state index contributed by atoms with van der Waals surface area (Å²) in [6.07, 6.45) is 0. The maximum Gasteiger partial charge on any atom is 0.229 e. The lowest BCUT2D eigenvalue weighted by atomic mass is 11.2. The minimum absolute atomic E-state index is 0.420. The maximum atomic E-state index is 5.73. The van der Waals surface area contributed by atoms with Crippen LogP contribution >= 0.6 is 45.9 Å². The quantitative estimate of drug-likeness (QED) is 0.737. The Bertz CT molecular complexity index is 576. The molecule has 0 aromatic carbocycles. The van der Waals surface area contributed by atoms with E-state index >= 15 is 0 Å². The normalized spacial score (nSPS) is 13.8. The van der Waals surface area contributed by atoms with Crippen molar-refractivity contribution in [3.8, 4) is 0 Å². The Balaban J connectivity index is 2.50. The molecule has 0 bridgehead atoms. The third kappa shape index (κ3) is 2.51. The molecule has 86 valence electrons. The Morgan fingerprint density at radius 2 is 1.31 bits per heavy atom. The van der Waals surface area contributed by atoms with Gasteiger partial charge in [-0.1, -0.05) is 22.7 Å². The molecule has 0 aliphatic rings. The van der Waals surface area contributed by atoms with E-state index in [1.165, 1.54) is 22.7 Å². The summed E-state index contributed by atoms with van der Waals surface area (Å²) in [7, 11) is 3.49. The van der Waals surface area contributed by atoms with Crippen molar-refractivity contribution in [2.24, 2.45) is 24.3 Å². The maximum absolute atomic E-state index is 5.73. The fourth-order valence-corrected chi connectivity index (χ4v) is 2.68. The molecule has 0 saturated carbocycles. The lowest BCUT2D eigenvalue weighted by molar-refractivity contribution is 0.699. The zero-order valence-electron chi connectivity index (χ0n) is 8.26. The highest BCUT2D eigenvalue weighted by atomic mass is 35.5. The second kappa shape index (κ2) is 4.66. The van der Waals surface area contributed by atoms with Gasteiger partial charge in [0.15, 0.2) is 0 Å². The lowest BCUT2D eigenvalue weighted by Gasteiger charge is -1.84. The third-order valence-electron chi connectivity index (χ3n) is 1.58. The minimum Gasteiger partial charge on any atom is -0.239 e. The van der Waals surface area contributed by atoms with E-state index in [0.717, 1.165) is 0 Å². The molecule has 10 heteroatoms. The van der Waals surface area contributed by atoms with Gasteiger partial charge in [0.25, 0.3) is 0 Å². The first-order chi connectivity index (χ1) is 7.56. The van der Waals surface area contributed by atoms with Gasteiger partial charge in [-0.15, -0.1) is 20.4 Å². The molecule has 0 fully saturated rings. The number of hydrogen-bond donors (Lipinski definition) is 0. The highest BCUT2D eigenvalue weighted by molar-refractivity contribution is 7.13. The van der Waals surface area contributed by atoms with Crippen LogP contribution in [0, 0.1) is 0 Å². The molecule has 0 aliphatic carbocycles. The summed E-state index contributed by atoms with van der Waals surface area (Å²) in [4.78, 5) is 1.21. The molecule has 0 N–H and O–H groups in total. The molecular formula is C6H6Cl2N6S2. The summed E-state index contributed by atoms with van der Waals surface area (Å²) in [6.45, 7) is 0. The Labute approximate surface area is 108 Å². The van der Waals surface area contributed by atoms with E-state index in [4.69, 9.17) is 23.2 Å². The second-order valence-corrected chi connectivity index (χ2v) is 5.80. The van der Waals surface area contributed by atoms with Crippen LogP contribution in [-0.2, 0) is 14.1 Å². The summed E-state index contributed by atoms with van der Waals surface area (Å²) >= 11 is 14.0. The van der Waals surface area contributed by atoms with Gasteiger partial charge in [-0.2, -0.15) is 0 Å². The highest BCUT2D eigenvalue weighted by Crippen LogP contribution is 2.06. The van der Waals surface area contributed by atoms with Crippen LogP contribution in [0.1, 0.15) is 0 Å². The molecule has 6 nitrogen and oxygen atoms in total. The fourth-order valence-electron chi connectivity index (χ4n) is 0.901. The fraction of sp³-hybridized carbons (Fsp3) is 0.333. The summed E-state index contributed by atoms with van der Waals surface area (Å²) in [6, 6.07) is 0. The van der Waals surface area contributed by atoms with E-state index in [-0.39, 0.29) is 0 Å². The highest BCUT2D eigenvalue weighted by Gasteiger charge is 1.98. The van der Waals surface area contributed by atoms with E-state index in [9.17, 15) is 0 Å². The first-order valence-electron chi connectivity index (χ1n) is 4.03. The third-order valence-corrected chi connectivity index (χ3v) is 3.75. The van der Waals surface area contributed by atoms with Crippen LogP contribution < -0.4 is 9.60 Å². The molecule has 2 heterocycles. The van der Waals surface area contributed by atoms with Crippen LogP contribution in [0.3, 0.4) is 0 Å². The second-order valence-electron chi connectivity index (χ2n) is 2.72. The van der Waals surface area contributed by atoms with Gasteiger partial charge < -0.3 is 0 Å². The van der Waals surface area contributed by atoms with Gasteiger partial charge in [-0.3, -0.25) is 0 Å². The van der Waals surface area contributed by atoms with E-state index in [1.807, 2.05) is 0 Å². The number of aryl methyl sites for hydroxylation is 2. The molecule has 0 spiro atoms. The molecule has 16 heavy (non-hydrogen) atoms. The van der Waals surface area contributed by atoms with Crippen LogP contribution in [-0.4, -0.2) is 19.6 Å². The van der Waals surface area contributed by atoms with Gasteiger partial charge in [0.1, 0.15) is 0 Å². The van der Waals surface area contributed by atoms with Gasteiger partial charge in [-0.25, -0.2) is 9.36 Å². The molecule has 0 aliphatic heterocycles. The monoisotopic (exact) mass is 296 g/mol. The summed E-state index contributed by atoms with van der Waals surface area (Å²) in [5, 5.41) is 15.9. The topological polar surface area (TPSA) is 60.4 Å². The molecule has 0 unspecified atom stereocenters. The van der Waals surface area contributed by atoms with Gasteiger partial charge in [-0.05, 0) is 23.2 Å². The van der Waals surface area contributed by atoms with E-state index in [1.54, 1.807) is 23.5 Å². The number of hydrogen-bond acceptors (Lipinski definition) is 6. The van der Waals surface area contributed by atoms with Crippen LogP contribution in [0.2, 0.25) is 8.93 Å². The van der Waals surface area contributed by atoms with Crippen molar-refractivity contribution in [1.82, 2.24) is 19.6 Å². The summed E-state index contributed by atoms with van der Waals surface area (Å²) < 4.78 is 3.95. The van der Waals surface area contributed by atoms with Gasteiger partial charge in [0.2, 0.25) is 18.5 Å². The van der Waals surface area contributed by atoms with Gasteiger partial charge in [0.05, 0.1) is 0 Å². The predicted octanol–water partition coefficient (Wildman–Crippen LogP) is 1.000. The first kappa shape index (κ1) is 11.8. The van der Waals surface area contributed by atoms with E-state index < -0.39 is 0 Å². The number of aromatic nitrogens is 4. The minimum atomic E-state index is 0.420. The van der Waals surface area contributed by atoms with Crippen LogP contribution in [0.25, 0.3) is 0 Å². The van der Waals surface area contributed by atoms with E-state index in [0.29, 0.717) is 18.5 Å². The van der Waals surface area contributed by atoms with Crippen molar-refractivity contribution < 1.29 is 0 Å². The van der Waals surface area contributed by atoms with Crippen molar-refractivity contribution in [1.29, 1.82) is 0 Å². The van der Waals surface area contributed by atoms with Gasteiger partial charge >= 0.3 is 0 Å². The van der Waals surface area contributed by atoms with Crippen molar-refractivity contribution >= 4 is 45.9 Å². The molecule has 0 saturated heterocycles. The number of nitrogens with zero attached hydrogens (tertiary/aromatic N) is 6. The van der Waals surface area contributed by atoms with Gasteiger partial charge in [0, 0.05) is 14.1 Å². The predicted molar refractivity (Wildman–Crippen MR) is 63.3 cm³/mol. The van der Waals surface area contributed by atoms with Crippen LogP contribution in [0.4, 0.5) is 0 Å². The standard InChI is InChI=1S/C6H6Cl2N6S2/c1-13-5(15-3(7)11-13)9-10-6-14(2)12-4(8)16-6/h1-2H3/b9-5-,10-6-. The smallest absolute Gasteiger partial charge is 0.229 e. The van der Waals surface area contributed by atoms with Crippen molar-refractivity contribution in [3.05, 3.63) is 18.5 Å². The Morgan fingerprint density at radius 1 is 0.938 bits per heavy atom. The van der Waals surface area contributed by atoms with Crippen molar-refractivity contribution in [2.75, 3.05) is 0 Å². The lowest BCUT2D eigenvalue weighted by Crippen LogP contribution is -2.14. The molecule has 2 aromatic rings. The average Bonchev–Trinajstić information content (AvgIpc) is 2.66. The molecular weight excluding hydrogens is 291 g/mol. The average molecular weight is 297 g/mol. The zero-order chi connectivity index (χ0) is 11.7. The largest absolute Gasteiger partial charge is 0.239 e.